The summed E-state index contributed by atoms with van der Waals surface area (Å²) < 4.78 is 0. The first-order valence-corrected chi connectivity index (χ1v) is 11.5. The zero-order valence-corrected chi connectivity index (χ0v) is 17.6. The van der Waals surface area contributed by atoms with E-state index in [4.69, 9.17) is 0 Å². The van der Waals surface area contributed by atoms with Crippen LogP contribution in [0.25, 0.3) is 0 Å². The van der Waals surface area contributed by atoms with Gasteiger partial charge in [-0.25, -0.2) is 0 Å². The average Bonchev–Trinajstić information content (AvgIpc) is 3.01. The summed E-state index contributed by atoms with van der Waals surface area (Å²) in [5, 5.41) is 0. The molecule has 0 aliphatic carbocycles. The van der Waals surface area contributed by atoms with Crippen molar-refractivity contribution in [2.75, 3.05) is 13.1 Å². The second-order valence-electron chi connectivity index (χ2n) is 7.93. The minimum Gasteiger partial charge on any atom is -0.356 e. The van der Waals surface area contributed by atoms with Crippen LogP contribution < -0.4 is 0 Å². The van der Waals surface area contributed by atoms with E-state index in [-0.39, 0.29) is 0 Å². The monoisotopic (exact) mass is 350 g/mol. The lowest BCUT2D eigenvalue weighted by atomic mass is 10.1. The van der Waals surface area contributed by atoms with Gasteiger partial charge >= 0.3 is 0 Å². The van der Waals surface area contributed by atoms with Crippen LogP contribution >= 0.6 is 0 Å². The highest BCUT2D eigenvalue weighted by atomic mass is 15.4. The molecule has 1 rings (SSSR count). The van der Waals surface area contributed by atoms with E-state index in [1.165, 1.54) is 109 Å². The van der Waals surface area contributed by atoms with Gasteiger partial charge in [-0.05, 0) is 25.7 Å². The van der Waals surface area contributed by atoms with Gasteiger partial charge in [-0.3, -0.25) is 0 Å². The molecule has 0 bridgehead atoms. The molecule has 0 amide bonds. The number of hydrogen-bond donors (Lipinski definition) is 0. The van der Waals surface area contributed by atoms with Gasteiger partial charge in [0.1, 0.15) is 6.17 Å². The molecule has 1 heterocycles. The molecule has 1 atom stereocenters. The second kappa shape index (κ2) is 15.6. The molecule has 2 heteroatoms. The molecule has 2 nitrogen and oxygen atoms in total. The normalized spacial score (nSPS) is 17.0. The van der Waals surface area contributed by atoms with E-state index in [1.54, 1.807) is 0 Å². The van der Waals surface area contributed by atoms with Crippen molar-refractivity contribution >= 4 is 0 Å². The van der Waals surface area contributed by atoms with Gasteiger partial charge in [-0.15, -0.1) is 0 Å². The minimum absolute atomic E-state index is 0.646. The lowest BCUT2D eigenvalue weighted by Gasteiger charge is -2.33. The highest BCUT2D eigenvalue weighted by molar-refractivity contribution is 4.96. The van der Waals surface area contributed by atoms with E-state index in [1.807, 2.05) is 0 Å². The Balaban J connectivity index is 2.23. The van der Waals surface area contributed by atoms with Crippen molar-refractivity contribution in [1.82, 2.24) is 9.80 Å². The fraction of sp³-hybridized carbons (Fsp3) is 0.913. The number of rotatable bonds is 17. The summed E-state index contributed by atoms with van der Waals surface area (Å²) in [7, 11) is 0. The van der Waals surface area contributed by atoms with Crippen LogP contribution in [0.1, 0.15) is 117 Å². The van der Waals surface area contributed by atoms with Gasteiger partial charge in [0.2, 0.25) is 0 Å². The van der Waals surface area contributed by atoms with Crippen LogP contribution in [0.2, 0.25) is 0 Å². The largest absolute Gasteiger partial charge is 0.356 e. The van der Waals surface area contributed by atoms with Gasteiger partial charge in [0, 0.05) is 25.5 Å². The summed E-state index contributed by atoms with van der Waals surface area (Å²) in [6, 6.07) is 0. The van der Waals surface area contributed by atoms with Gasteiger partial charge < -0.3 is 9.80 Å². The third kappa shape index (κ3) is 10.2. The van der Waals surface area contributed by atoms with Gasteiger partial charge in [-0.2, -0.15) is 0 Å². The first kappa shape index (κ1) is 22.4. The van der Waals surface area contributed by atoms with Crippen LogP contribution in [0.5, 0.6) is 0 Å². The van der Waals surface area contributed by atoms with Crippen LogP contribution in [0.15, 0.2) is 12.4 Å². The standard InChI is InChI=1S/C23H46N2/c1-4-7-10-12-13-14-15-17-20-25-22-21-24(19-9-6-3)23(25)18-16-11-8-5-2/h21-23H,4-20H2,1-3H3. The quantitative estimate of drug-likeness (QED) is 0.254. The SMILES string of the molecule is CCCCCCCCCCN1C=CN(CCCC)C1CCCCCC. The van der Waals surface area contributed by atoms with E-state index >= 15 is 0 Å². The van der Waals surface area contributed by atoms with Crippen LogP contribution in [0, 0.1) is 0 Å². The second-order valence-corrected chi connectivity index (χ2v) is 7.93. The predicted octanol–water partition coefficient (Wildman–Crippen LogP) is 7.31. The lowest BCUT2D eigenvalue weighted by Crippen LogP contribution is -2.39. The smallest absolute Gasteiger partial charge is 0.101 e. The molecule has 1 unspecified atom stereocenters. The maximum Gasteiger partial charge on any atom is 0.101 e. The Bertz CT molecular complexity index is 313. The fourth-order valence-electron chi connectivity index (χ4n) is 3.86. The van der Waals surface area contributed by atoms with Gasteiger partial charge in [0.25, 0.3) is 0 Å². The minimum atomic E-state index is 0.646. The van der Waals surface area contributed by atoms with E-state index in [0.717, 1.165) is 0 Å². The third-order valence-electron chi connectivity index (χ3n) is 5.57. The Kier molecular flexibility index (Phi) is 14.0. The van der Waals surface area contributed by atoms with Crippen molar-refractivity contribution in [2.24, 2.45) is 0 Å². The summed E-state index contributed by atoms with van der Waals surface area (Å²) in [4.78, 5) is 5.25. The summed E-state index contributed by atoms with van der Waals surface area (Å²) in [5.41, 5.74) is 0. The zero-order chi connectivity index (χ0) is 18.2. The average molecular weight is 351 g/mol. The van der Waals surface area contributed by atoms with Crippen LogP contribution in [-0.2, 0) is 0 Å². The van der Waals surface area contributed by atoms with Gasteiger partial charge in [-0.1, -0.05) is 91.4 Å². The van der Waals surface area contributed by atoms with Crippen LogP contribution in [0.3, 0.4) is 0 Å². The molecule has 25 heavy (non-hydrogen) atoms. The Morgan fingerprint density at radius 3 is 1.52 bits per heavy atom. The molecule has 0 N–H and O–H groups in total. The highest BCUT2D eigenvalue weighted by Gasteiger charge is 2.24. The van der Waals surface area contributed by atoms with Crippen LogP contribution in [-0.4, -0.2) is 29.1 Å². The topological polar surface area (TPSA) is 6.48 Å². The summed E-state index contributed by atoms with van der Waals surface area (Å²) in [6.07, 6.45) is 26.2. The Morgan fingerprint density at radius 1 is 0.520 bits per heavy atom. The summed E-state index contributed by atoms with van der Waals surface area (Å²) in [6.45, 7) is 9.39. The molecular formula is C23H46N2. The lowest BCUT2D eigenvalue weighted by molar-refractivity contribution is 0.136. The van der Waals surface area contributed by atoms with Crippen molar-refractivity contribution in [3.63, 3.8) is 0 Å². The Labute approximate surface area is 159 Å². The fourth-order valence-corrected chi connectivity index (χ4v) is 3.86. The third-order valence-corrected chi connectivity index (χ3v) is 5.57. The molecule has 1 aliphatic heterocycles. The number of hydrogen-bond acceptors (Lipinski definition) is 2. The molecule has 148 valence electrons. The van der Waals surface area contributed by atoms with Gasteiger partial charge in [0.05, 0.1) is 0 Å². The first-order chi connectivity index (χ1) is 12.3. The Hall–Kier alpha value is -0.660. The van der Waals surface area contributed by atoms with Crippen molar-refractivity contribution in [1.29, 1.82) is 0 Å². The van der Waals surface area contributed by atoms with Gasteiger partial charge in [0.15, 0.2) is 0 Å². The summed E-state index contributed by atoms with van der Waals surface area (Å²) in [5.74, 6) is 0. The van der Waals surface area contributed by atoms with Crippen molar-refractivity contribution in [3.05, 3.63) is 12.4 Å². The highest BCUT2D eigenvalue weighted by Crippen LogP contribution is 2.23. The molecule has 0 radical (unpaired) electrons. The maximum atomic E-state index is 2.64. The zero-order valence-electron chi connectivity index (χ0n) is 17.6. The van der Waals surface area contributed by atoms with Crippen molar-refractivity contribution in [2.45, 2.75) is 123 Å². The number of nitrogens with zero attached hydrogens (tertiary/aromatic N) is 2. The van der Waals surface area contributed by atoms with E-state index in [9.17, 15) is 0 Å². The first-order valence-electron chi connectivity index (χ1n) is 11.5. The molecule has 0 aromatic heterocycles. The van der Waals surface area contributed by atoms with E-state index in [0.29, 0.717) is 6.17 Å². The molecule has 0 saturated carbocycles. The molecule has 1 aliphatic rings. The summed E-state index contributed by atoms with van der Waals surface area (Å²) >= 11 is 0. The molecule has 0 saturated heterocycles. The molecule has 0 aromatic carbocycles. The molecular weight excluding hydrogens is 304 g/mol. The van der Waals surface area contributed by atoms with Crippen molar-refractivity contribution in [3.8, 4) is 0 Å². The van der Waals surface area contributed by atoms with E-state index < -0.39 is 0 Å². The molecule has 0 aromatic rings. The Morgan fingerprint density at radius 2 is 0.960 bits per heavy atom. The molecule has 0 fully saturated rings. The maximum absolute atomic E-state index is 2.64. The number of unbranched alkanes of at least 4 members (excludes halogenated alkanes) is 11. The molecule has 0 spiro atoms. The van der Waals surface area contributed by atoms with Crippen molar-refractivity contribution < 1.29 is 0 Å². The predicted molar refractivity (Wildman–Crippen MR) is 113 cm³/mol. The van der Waals surface area contributed by atoms with E-state index in [2.05, 4.69) is 43.0 Å². The van der Waals surface area contributed by atoms with Crippen LogP contribution in [0.4, 0.5) is 0 Å².